The van der Waals surface area contributed by atoms with Gasteiger partial charge in [-0.25, -0.2) is 23.9 Å². The summed E-state index contributed by atoms with van der Waals surface area (Å²) in [4.78, 5) is 13.5. The molecule has 4 aromatic rings. The summed E-state index contributed by atoms with van der Waals surface area (Å²) in [6.45, 7) is 2.84. The average Bonchev–Trinajstić information content (AvgIpc) is 3.59. The van der Waals surface area contributed by atoms with Crippen molar-refractivity contribution >= 4 is 38.6 Å². The maximum atomic E-state index is 13.1. The number of rotatable bonds is 8. The molecule has 0 atom stereocenters. The molecule has 1 aromatic carbocycles. The summed E-state index contributed by atoms with van der Waals surface area (Å²) in [5, 5.41) is 5.51. The quantitative estimate of drug-likeness (QED) is 0.369. The number of aryl methyl sites for hydroxylation is 1. The number of hydrogen-bond acceptors (Lipinski definition) is 8. The second-order valence-corrected chi connectivity index (χ2v) is 11.3. The van der Waals surface area contributed by atoms with E-state index in [0.717, 1.165) is 33.7 Å². The van der Waals surface area contributed by atoms with Crippen LogP contribution in [0.1, 0.15) is 24.0 Å². The molecule has 0 bridgehead atoms. The molecule has 188 valence electrons. The van der Waals surface area contributed by atoms with Crippen molar-refractivity contribution in [3.05, 3.63) is 53.7 Å². The fraction of sp³-hybridized carbons (Fsp3) is 0.333. The Bertz CT molecular complexity index is 1520. The molecule has 1 fully saturated rings. The second kappa shape index (κ2) is 9.03. The van der Waals surface area contributed by atoms with Crippen LogP contribution in [0.3, 0.4) is 0 Å². The van der Waals surface area contributed by atoms with Crippen molar-refractivity contribution in [2.75, 3.05) is 36.4 Å². The van der Waals surface area contributed by atoms with Gasteiger partial charge >= 0.3 is 10.2 Å². The van der Waals surface area contributed by atoms with E-state index in [0.29, 0.717) is 17.9 Å². The lowest BCUT2D eigenvalue weighted by molar-refractivity contribution is 0.513. The van der Waals surface area contributed by atoms with Crippen molar-refractivity contribution in [3.63, 3.8) is 0 Å². The molecule has 3 aromatic heterocycles. The average molecular weight is 508 g/mol. The van der Waals surface area contributed by atoms with Gasteiger partial charge in [-0.2, -0.15) is 17.8 Å². The van der Waals surface area contributed by atoms with Crippen LogP contribution in [-0.4, -0.2) is 58.1 Å². The zero-order chi connectivity index (χ0) is 25.6. The molecular weight excluding hydrogens is 478 g/mol. The molecule has 11 nitrogen and oxygen atoms in total. The van der Waals surface area contributed by atoms with E-state index < -0.39 is 10.2 Å². The van der Waals surface area contributed by atoms with Gasteiger partial charge < -0.3 is 11.5 Å². The molecule has 0 radical (unpaired) electrons. The van der Waals surface area contributed by atoms with Crippen LogP contribution < -0.4 is 15.8 Å². The Morgan fingerprint density at radius 3 is 2.39 bits per heavy atom. The normalized spacial score (nSPS) is 14.0. The summed E-state index contributed by atoms with van der Waals surface area (Å²) in [7, 11) is -0.903. The predicted octanol–water partition coefficient (Wildman–Crippen LogP) is 2.43. The molecule has 5 rings (SSSR count). The molecule has 1 aliphatic rings. The van der Waals surface area contributed by atoms with Gasteiger partial charge in [-0.15, -0.1) is 0 Å². The SMILES string of the molecule is Cc1ccccc1Cn1nc(-c2nc(N)c(N(CC3CC3)S(=O)(=O)N(C)C)c(N)n2)c2cccnc21. The molecule has 0 saturated heterocycles. The van der Waals surface area contributed by atoms with Gasteiger partial charge in [0, 0.05) is 26.8 Å². The van der Waals surface area contributed by atoms with E-state index in [1.54, 1.807) is 10.9 Å². The number of anilines is 3. The van der Waals surface area contributed by atoms with E-state index in [1.165, 1.54) is 18.4 Å². The lowest BCUT2D eigenvalue weighted by Gasteiger charge is -2.28. The summed E-state index contributed by atoms with van der Waals surface area (Å²) in [5.41, 5.74) is 16.2. The van der Waals surface area contributed by atoms with E-state index in [2.05, 4.69) is 15.0 Å². The Labute approximate surface area is 210 Å². The van der Waals surface area contributed by atoms with E-state index in [1.807, 2.05) is 43.3 Å². The first-order valence-electron chi connectivity index (χ1n) is 11.7. The lowest BCUT2D eigenvalue weighted by atomic mass is 10.1. The summed E-state index contributed by atoms with van der Waals surface area (Å²) < 4.78 is 30.3. The van der Waals surface area contributed by atoms with Gasteiger partial charge in [0.15, 0.2) is 23.1 Å². The van der Waals surface area contributed by atoms with Gasteiger partial charge in [0.2, 0.25) is 0 Å². The first-order valence-corrected chi connectivity index (χ1v) is 13.1. The second-order valence-electron chi connectivity index (χ2n) is 9.24. The maximum absolute atomic E-state index is 13.1. The molecule has 4 N–H and O–H groups in total. The van der Waals surface area contributed by atoms with E-state index in [-0.39, 0.29) is 35.6 Å². The third kappa shape index (κ3) is 4.33. The van der Waals surface area contributed by atoms with Gasteiger partial charge in [-0.1, -0.05) is 24.3 Å². The Morgan fingerprint density at radius 1 is 1.06 bits per heavy atom. The van der Waals surface area contributed by atoms with Crippen molar-refractivity contribution < 1.29 is 8.42 Å². The standard InChI is InChI=1S/C24H29N9O2S/c1-15-7-4-5-8-17(15)14-32-24-18(9-6-12-27-24)19(30-32)23-28-21(25)20(22(26)29-23)33(13-16-10-11-16)36(34,35)31(2)3/h4-9,12,16H,10-11,13-14H2,1-3H3,(H4,25,26,28,29). The zero-order valence-corrected chi connectivity index (χ0v) is 21.3. The summed E-state index contributed by atoms with van der Waals surface area (Å²) in [6.07, 6.45) is 3.61. The van der Waals surface area contributed by atoms with Crippen LogP contribution in [0.4, 0.5) is 17.3 Å². The van der Waals surface area contributed by atoms with Gasteiger partial charge in [0.1, 0.15) is 11.4 Å². The fourth-order valence-corrected chi connectivity index (χ4v) is 5.33. The van der Waals surface area contributed by atoms with Gasteiger partial charge in [0.05, 0.1) is 11.9 Å². The van der Waals surface area contributed by atoms with E-state index in [9.17, 15) is 8.42 Å². The van der Waals surface area contributed by atoms with Crippen LogP contribution in [0.25, 0.3) is 22.6 Å². The third-order valence-electron chi connectivity index (χ3n) is 6.35. The van der Waals surface area contributed by atoms with Crippen molar-refractivity contribution in [2.45, 2.75) is 26.3 Å². The number of nitrogens with zero attached hydrogens (tertiary/aromatic N) is 7. The summed E-state index contributed by atoms with van der Waals surface area (Å²) in [5.74, 6) is 0.428. The molecule has 3 heterocycles. The van der Waals surface area contributed by atoms with E-state index >= 15 is 0 Å². The summed E-state index contributed by atoms with van der Waals surface area (Å²) >= 11 is 0. The Morgan fingerprint density at radius 2 is 1.75 bits per heavy atom. The van der Waals surface area contributed by atoms with Crippen LogP contribution >= 0.6 is 0 Å². The number of benzene rings is 1. The highest BCUT2D eigenvalue weighted by Crippen LogP contribution is 2.38. The maximum Gasteiger partial charge on any atom is 0.303 e. The number of nitrogen functional groups attached to an aromatic ring is 2. The van der Waals surface area contributed by atoms with Crippen LogP contribution in [0.5, 0.6) is 0 Å². The number of fused-ring (bicyclic) bond motifs is 1. The van der Waals surface area contributed by atoms with Gasteiger partial charge in [0.25, 0.3) is 0 Å². The zero-order valence-electron chi connectivity index (χ0n) is 20.5. The summed E-state index contributed by atoms with van der Waals surface area (Å²) in [6, 6.07) is 11.8. The van der Waals surface area contributed by atoms with Crippen molar-refractivity contribution in [2.24, 2.45) is 5.92 Å². The molecule has 1 saturated carbocycles. The molecule has 12 heteroatoms. The molecular formula is C24H29N9O2S. The Hall–Kier alpha value is -3.77. The van der Waals surface area contributed by atoms with Crippen LogP contribution in [0.15, 0.2) is 42.6 Å². The van der Waals surface area contributed by atoms with E-state index in [4.69, 9.17) is 16.6 Å². The third-order valence-corrected chi connectivity index (χ3v) is 8.16. The largest absolute Gasteiger partial charge is 0.382 e. The van der Waals surface area contributed by atoms with Crippen LogP contribution in [0.2, 0.25) is 0 Å². The van der Waals surface area contributed by atoms with Gasteiger partial charge in [-0.3, -0.25) is 0 Å². The highest BCUT2D eigenvalue weighted by Gasteiger charge is 2.35. The van der Waals surface area contributed by atoms with Crippen molar-refractivity contribution in [1.82, 2.24) is 29.0 Å². The molecule has 0 unspecified atom stereocenters. The van der Waals surface area contributed by atoms with Crippen molar-refractivity contribution in [1.29, 1.82) is 0 Å². The fourth-order valence-electron chi connectivity index (χ4n) is 4.12. The highest BCUT2D eigenvalue weighted by atomic mass is 32.2. The van der Waals surface area contributed by atoms with Crippen LogP contribution in [0, 0.1) is 12.8 Å². The van der Waals surface area contributed by atoms with Crippen molar-refractivity contribution in [3.8, 4) is 11.5 Å². The Kier molecular flexibility index (Phi) is 6.00. The first kappa shape index (κ1) is 23.9. The molecule has 1 aliphatic carbocycles. The van der Waals surface area contributed by atoms with Gasteiger partial charge in [-0.05, 0) is 48.9 Å². The van der Waals surface area contributed by atoms with Crippen LogP contribution in [-0.2, 0) is 16.8 Å². The monoisotopic (exact) mass is 507 g/mol. The number of pyridine rings is 1. The minimum atomic E-state index is -3.84. The minimum absolute atomic E-state index is 0.0194. The molecule has 0 spiro atoms. The smallest absolute Gasteiger partial charge is 0.303 e. The molecule has 36 heavy (non-hydrogen) atoms. The molecule has 0 aliphatic heterocycles. The Balaban J connectivity index is 1.60. The lowest BCUT2D eigenvalue weighted by Crippen LogP contribution is -2.42. The topological polar surface area (TPSA) is 149 Å². The predicted molar refractivity (Wildman–Crippen MR) is 140 cm³/mol. The number of aromatic nitrogens is 5. The highest BCUT2D eigenvalue weighted by molar-refractivity contribution is 7.90. The number of hydrogen-bond donors (Lipinski definition) is 2. The minimum Gasteiger partial charge on any atom is -0.382 e. The number of nitrogens with two attached hydrogens (primary N) is 2. The first-order chi connectivity index (χ1) is 17.2. The molecule has 0 amide bonds.